The first-order chi connectivity index (χ1) is 8.81. The van der Waals surface area contributed by atoms with Crippen molar-refractivity contribution in [2.45, 2.75) is 25.0 Å². The number of benzene rings is 1. The number of carbonyl (C=O) groups excluding carboxylic acids is 1. The van der Waals surface area contributed by atoms with E-state index < -0.39 is 6.10 Å². The number of nitrogens with one attached hydrogen (secondary N) is 1. The molecule has 98 valence electrons. The molecular formula is C13H18N2O3. The third-order valence-corrected chi connectivity index (χ3v) is 2.98. The molecular weight excluding hydrogens is 232 g/mol. The summed E-state index contributed by atoms with van der Waals surface area (Å²) < 4.78 is 11.1. The SMILES string of the molecule is NNC(=O)C(OC1CCOCC1)c1ccccc1. The average molecular weight is 250 g/mol. The molecule has 1 aromatic rings. The van der Waals surface area contributed by atoms with Crippen LogP contribution in [0.3, 0.4) is 0 Å². The molecule has 18 heavy (non-hydrogen) atoms. The predicted octanol–water partition coefficient (Wildman–Crippen LogP) is 0.913. The molecule has 1 aromatic carbocycles. The molecule has 0 aliphatic carbocycles. The molecule has 5 heteroatoms. The number of nitrogens with two attached hydrogens (primary N) is 1. The van der Waals surface area contributed by atoms with Crippen molar-refractivity contribution in [2.24, 2.45) is 5.84 Å². The van der Waals surface area contributed by atoms with Gasteiger partial charge in [-0.1, -0.05) is 30.3 Å². The Morgan fingerprint density at radius 2 is 2.00 bits per heavy atom. The molecule has 1 fully saturated rings. The Balaban J connectivity index is 2.07. The van der Waals surface area contributed by atoms with Crippen LogP contribution in [0.5, 0.6) is 0 Å². The highest BCUT2D eigenvalue weighted by molar-refractivity contribution is 5.81. The van der Waals surface area contributed by atoms with Crippen LogP contribution in [0.4, 0.5) is 0 Å². The second-order valence-electron chi connectivity index (χ2n) is 4.25. The standard InChI is InChI=1S/C13H18N2O3/c14-15-13(16)12(10-4-2-1-3-5-10)18-11-6-8-17-9-7-11/h1-5,11-12H,6-9,14H2,(H,15,16). The lowest BCUT2D eigenvalue weighted by Crippen LogP contribution is -2.38. The molecule has 1 saturated heterocycles. The van der Waals surface area contributed by atoms with Crippen molar-refractivity contribution in [3.63, 3.8) is 0 Å². The molecule has 0 bridgehead atoms. The molecule has 1 atom stereocenters. The minimum atomic E-state index is -0.653. The lowest BCUT2D eigenvalue weighted by molar-refractivity contribution is -0.141. The zero-order chi connectivity index (χ0) is 12.8. The van der Waals surface area contributed by atoms with Gasteiger partial charge in [-0.15, -0.1) is 0 Å². The van der Waals surface area contributed by atoms with Crippen molar-refractivity contribution in [3.8, 4) is 0 Å². The highest BCUT2D eigenvalue weighted by atomic mass is 16.5. The van der Waals surface area contributed by atoms with Gasteiger partial charge in [0.2, 0.25) is 0 Å². The number of amides is 1. The van der Waals surface area contributed by atoms with E-state index in [0.29, 0.717) is 13.2 Å². The zero-order valence-electron chi connectivity index (χ0n) is 10.2. The molecule has 0 aromatic heterocycles. The summed E-state index contributed by atoms with van der Waals surface area (Å²) in [4.78, 5) is 11.8. The fourth-order valence-corrected chi connectivity index (χ4v) is 2.00. The van der Waals surface area contributed by atoms with Crippen molar-refractivity contribution in [1.29, 1.82) is 0 Å². The molecule has 5 nitrogen and oxygen atoms in total. The van der Waals surface area contributed by atoms with E-state index in [1.165, 1.54) is 0 Å². The normalized spacial score (nSPS) is 18.3. The smallest absolute Gasteiger partial charge is 0.267 e. The molecule has 0 radical (unpaired) electrons. The van der Waals surface area contributed by atoms with E-state index in [1.54, 1.807) is 0 Å². The van der Waals surface area contributed by atoms with Gasteiger partial charge >= 0.3 is 0 Å². The van der Waals surface area contributed by atoms with Gasteiger partial charge in [0.15, 0.2) is 6.10 Å². The monoisotopic (exact) mass is 250 g/mol. The number of carbonyl (C=O) groups is 1. The van der Waals surface area contributed by atoms with Gasteiger partial charge in [0.25, 0.3) is 5.91 Å². The van der Waals surface area contributed by atoms with Gasteiger partial charge in [-0.3, -0.25) is 10.2 Å². The molecule has 1 aliphatic rings. The van der Waals surface area contributed by atoms with Crippen molar-refractivity contribution in [1.82, 2.24) is 5.43 Å². The summed E-state index contributed by atoms with van der Waals surface area (Å²) in [5.74, 6) is 4.88. The summed E-state index contributed by atoms with van der Waals surface area (Å²) in [7, 11) is 0. The summed E-state index contributed by atoms with van der Waals surface area (Å²) >= 11 is 0. The highest BCUT2D eigenvalue weighted by Crippen LogP contribution is 2.23. The van der Waals surface area contributed by atoms with Crippen LogP contribution in [0.1, 0.15) is 24.5 Å². The topological polar surface area (TPSA) is 73.6 Å². The summed E-state index contributed by atoms with van der Waals surface area (Å²) in [6, 6.07) is 9.37. The van der Waals surface area contributed by atoms with E-state index >= 15 is 0 Å². The van der Waals surface area contributed by atoms with E-state index in [0.717, 1.165) is 18.4 Å². The summed E-state index contributed by atoms with van der Waals surface area (Å²) in [5.41, 5.74) is 2.97. The van der Waals surface area contributed by atoms with Gasteiger partial charge in [0.05, 0.1) is 6.10 Å². The lowest BCUT2D eigenvalue weighted by Gasteiger charge is -2.27. The summed E-state index contributed by atoms with van der Waals surface area (Å²) in [6.07, 6.45) is 1.00. The Labute approximate surface area is 106 Å². The molecule has 0 spiro atoms. The van der Waals surface area contributed by atoms with Crippen LogP contribution in [-0.2, 0) is 14.3 Å². The van der Waals surface area contributed by atoms with Crippen LogP contribution in [0.15, 0.2) is 30.3 Å². The lowest BCUT2D eigenvalue weighted by atomic mass is 10.1. The van der Waals surface area contributed by atoms with E-state index in [4.69, 9.17) is 15.3 Å². The van der Waals surface area contributed by atoms with Crippen LogP contribution in [0.25, 0.3) is 0 Å². The fourth-order valence-electron chi connectivity index (χ4n) is 2.00. The Morgan fingerprint density at radius 3 is 2.61 bits per heavy atom. The second-order valence-corrected chi connectivity index (χ2v) is 4.25. The van der Waals surface area contributed by atoms with E-state index in [-0.39, 0.29) is 12.0 Å². The summed E-state index contributed by atoms with van der Waals surface area (Å²) in [6.45, 7) is 1.35. The number of hydrogen-bond donors (Lipinski definition) is 2. The first kappa shape index (κ1) is 13.0. The second kappa shape index (κ2) is 6.49. The van der Waals surface area contributed by atoms with Crippen LogP contribution >= 0.6 is 0 Å². The fraction of sp³-hybridized carbons (Fsp3) is 0.462. The minimum Gasteiger partial charge on any atom is -0.381 e. The van der Waals surface area contributed by atoms with Crippen molar-refractivity contribution >= 4 is 5.91 Å². The third kappa shape index (κ3) is 3.29. The maximum atomic E-state index is 11.8. The molecule has 0 saturated carbocycles. The molecule has 1 unspecified atom stereocenters. The molecule has 2 rings (SSSR count). The van der Waals surface area contributed by atoms with Gasteiger partial charge in [-0.25, -0.2) is 5.84 Å². The third-order valence-electron chi connectivity index (χ3n) is 2.98. The van der Waals surface area contributed by atoms with Crippen LogP contribution in [0.2, 0.25) is 0 Å². The molecule has 1 aliphatic heterocycles. The highest BCUT2D eigenvalue weighted by Gasteiger charge is 2.25. The quantitative estimate of drug-likeness (QED) is 0.473. The van der Waals surface area contributed by atoms with Crippen molar-refractivity contribution in [2.75, 3.05) is 13.2 Å². The molecule has 1 amide bonds. The van der Waals surface area contributed by atoms with E-state index in [2.05, 4.69) is 5.43 Å². The van der Waals surface area contributed by atoms with Crippen LogP contribution in [-0.4, -0.2) is 25.2 Å². The zero-order valence-corrected chi connectivity index (χ0v) is 10.2. The Hall–Kier alpha value is -1.43. The number of hydrazine groups is 1. The first-order valence-electron chi connectivity index (χ1n) is 6.10. The Bertz CT molecular complexity index is 377. The average Bonchev–Trinajstić information content (AvgIpc) is 2.46. The van der Waals surface area contributed by atoms with Gasteiger partial charge < -0.3 is 9.47 Å². The summed E-state index contributed by atoms with van der Waals surface area (Å²) in [5, 5.41) is 0. The Morgan fingerprint density at radius 1 is 1.33 bits per heavy atom. The van der Waals surface area contributed by atoms with E-state index in [9.17, 15) is 4.79 Å². The van der Waals surface area contributed by atoms with Crippen molar-refractivity contribution < 1.29 is 14.3 Å². The Kier molecular flexibility index (Phi) is 4.69. The number of rotatable bonds is 4. The maximum absolute atomic E-state index is 11.8. The van der Waals surface area contributed by atoms with Gasteiger partial charge in [-0.05, 0) is 18.4 Å². The predicted molar refractivity (Wildman–Crippen MR) is 66.4 cm³/mol. The van der Waals surface area contributed by atoms with Crippen LogP contribution in [0, 0.1) is 0 Å². The molecule has 1 heterocycles. The number of hydrogen-bond acceptors (Lipinski definition) is 4. The van der Waals surface area contributed by atoms with Gasteiger partial charge in [0.1, 0.15) is 0 Å². The first-order valence-corrected chi connectivity index (χ1v) is 6.10. The van der Waals surface area contributed by atoms with Crippen LogP contribution < -0.4 is 11.3 Å². The van der Waals surface area contributed by atoms with Crippen molar-refractivity contribution in [3.05, 3.63) is 35.9 Å². The maximum Gasteiger partial charge on any atom is 0.267 e. The minimum absolute atomic E-state index is 0.0428. The largest absolute Gasteiger partial charge is 0.381 e. The van der Waals surface area contributed by atoms with E-state index in [1.807, 2.05) is 30.3 Å². The van der Waals surface area contributed by atoms with Gasteiger partial charge in [0, 0.05) is 13.2 Å². The molecule has 3 N–H and O–H groups in total. The van der Waals surface area contributed by atoms with Gasteiger partial charge in [-0.2, -0.15) is 0 Å². The number of ether oxygens (including phenoxy) is 2.